The maximum atomic E-state index is 9.00. The summed E-state index contributed by atoms with van der Waals surface area (Å²) in [6, 6.07) is 18.3. The fraction of sp³-hybridized carbons (Fsp3) is 0.107. The lowest BCUT2D eigenvalue weighted by molar-refractivity contribution is -0.176. The fourth-order valence-corrected chi connectivity index (χ4v) is 5.18. The summed E-state index contributed by atoms with van der Waals surface area (Å²) in [5.74, 6) is 0.157. The molecule has 50 heavy (non-hydrogen) atoms. The Labute approximate surface area is 300 Å². The van der Waals surface area contributed by atoms with Gasteiger partial charge in [-0.15, -0.1) is 11.8 Å². The average molecular weight is 760 g/mol. The summed E-state index contributed by atoms with van der Waals surface area (Å²) in [5, 5.41) is 60.3. The number of carboxylic acid groups (broad SMARTS) is 1. The zero-order chi connectivity index (χ0) is 36.6. The molecule has 0 radical (unpaired) electrons. The van der Waals surface area contributed by atoms with Crippen molar-refractivity contribution < 1.29 is 29.6 Å². The number of thioether (sulfide) groups is 1. The predicted octanol–water partition coefficient (Wildman–Crippen LogP) is 6.66. The largest absolute Gasteiger partial charge is 0.481 e. The van der Waals surface area contributed by atoms with Crippen molar-refractivity contribution in [2.75, 3.05) is 24.0 Å². The number of rotatable bonds is 8. The molecule has 0 aliphatic rings. The number of hydrogen-bond acceptors (Lipinski definition) is 17. The highest BCUT2D eigenvalue weighted by atomic mass is 35.5. The lowest BCUT2D eigenvalue weighted by Crippen LogP contribution is -1.97. The van der Waals surface area contributed by atoms with Crippen molar-refractivity contribution in [3.8, 4) is 12.1 Å². The second kappa shape index (κ2) is 19.6. The smallest absolute Gasteiger partial charge is 0.300 e. The Kier molecular flexibility index (Phi) is 15.4. The van der Waals surface area contributed by atoms with Gasteiger partial charge < -0.3 is 15.7 Å². The first kappa shape index (κ1) is 39.2. The summed E-state index contributed by atoms with van der Waals surface area (Å²) in [6.07, 6.45) is 1.92. The van der Waals surface area contributed by atoms with Crippen LogP contribution in [-0.2, 0) is 14.0 Å². The third kappa shape index (κ3) is 10.9. The third-order valence-corrected chi connectivity index (χ3v) is 7.28. The molecule has 0 aliphatic carbocycles. The second-order valence-electron chi connectivity index (χ2n) is 8.86. The van der Waals surface area contributed by atoms with Crippen LogP contribution in [0.2, 0.25) is 10.6 Å². The molecular formula is C28H24Cl2N12O6S2. The van der Waals surface area contributed by atoms with Crippen LogP contribution in [0.3, 0.4) is 0 Å². The molecule has 6 rings (SSSR count). The van der Waals surface area contributed by atoms with Crippen LogP contribution in [0.15, 0.2) is 58.6 Å². The standard InChI is InChI=1S/C13H9ClN6O2S.C13H9ClN6S.C2H4O2.H2O2/c1-21-22-23-12-9-10(17-13(14)18-11(9)19-20-12)16-8-4-2-3-7(5-8)6-15;1-21-12-9-10(17-13(14)18-11(9)19-20-12)16-8-4-2-3-7(5-8)6-15;1-2(3)4;1-2/h2-5H,1H3,(H2,16,17,18,19,20);2-5H,1H3,(H2,16,17,18,19,20);1H3,(H,3,4);1-2H. The van der Waals surface area contributed by atoms with Gasteiger partial charge in [-0.25, -0.2) is 4.89 Å². The fourth-order valence-electron chi connectivity index (χ4n) is 3.81. The highest BCUT2D eigenvalue weighted by Crippen LogP contribution is 2.33. The summed E-state index contributed by atoms with van der Waals surface area (Å²) < 4.78 is 4.83. The van der Waals surface area contributed by atoms with Crippen molar-refractivity contribution >= 4 is 98.1 Å². The number of carboxylic acids is 1. The van der Waals surface area contributed by atoms with Crippen molar-refractivity contribution in [3.05, 3.63) is 70.2 Å². The second-order valence-corrected chi connectivity index (χ2v) is 11.0. The number of fused-ring (bicyclic) bond motifs is 2. The molecule has 6 aromatic rings. The Bertz CT molecular complexity index is 2150. The van der Waals surface area contributed by atoms with Gasteiger partial charge in [0, 0.05) is 18.3 Å². The minimum Gasteiger partial charge on any atom is -0.481 e. The van der Waals surface area contributed by atoms with E-state index in [0.717, 1.165) is 35.1 Å². The van der Waals surface area contributed by atoms with Crippen molar-refractivity contribution in [3.63, 3.8) is 0 Å². The van der Waals surface area contributed by atoms with Crippen LogP contribution < -0.4 is 10.6 Å². The van der Waals surface area contributed by atoms with Gasteiger partial charge in [0.05, 0.1) is 53.2 Å². The highest BCUT2D eigenvalue weighted by molar-refractivity contribution is 7.98. The van der Waals surface area contributed by atoms with E-state index in [4.69, 9.17) is 58.5 Å². The van der Waals surface area contributed by atoms with Crippen LogP contribution in [-0.4, -0.2) is 75.3 Å². The first-order valence-electron chi connectivity index (χ1n) is 13.3. The molecule has 0 unspecified atom stereocenters. The van der Waals surface area contributed by atoms with E-state index < -0.39 is 5.97 Å². The number of halogens is 2. The van der Waals surface area contributed by atoms with Gasteiger partial charge in [0.1, 0.15) is 16.7 Å². The van der Waals surface area contributed by atoms with Crippen LogP contribution in [0.4, 0.5) is 23.0 Å². The molecule has 0 spiro atoms. The van der Waals surface area contributed by atoms with Gasteiger partial charge in [-0.1, -0.05) is 12.1 Å². The zero-order valence-electron chi connectivity index (χ0n) is 25.8. The average Bonchev–Trinajstić information content (AvgIpc) is 3.72. The topological polar surface area (TPSA) is 277 Å². The number of carbonyl (C=O) groups is 1. The van der Waals surface area contributed by atoms with E-state index in [1.165, 1.54) is 18.9 Å². The number of aliphatic carboxylic acids is 1. The molecule has 0 atom stereocenters. The Hall–Kier alpha value is -5.29. The Morgan fingerprint density at radius 3 is 1.70 bits per heavy atom. The lowest BCUT2D eigenvalue weighted by atomic mass is 10.2. The Balaban J connectivity index is 0.000000235. The van der Waals surface area contributed by atoms with Gasteiger partial charge in [-0.05, 0) is 65.9 Å². The molecule has 22 heteroatoms. The van der Waals surface area contributed by atoms with Crippen molar-refractivity contribution in [1.29, 1.82) is 10.5 Å². The number of nitrogens with zero attached hydrogens (tertiary/aromatic N) is 8. The molecule has 4 heterocycles. The SMILES string of the molecule is CC(=O)O.COOSc1n[nH]c2nc(Cl)nc(Nc3cccc(C#N)c3)c12.CSc1n[nH]c2nc(Cl)nc(Nc3cccc(C#N)c3)c12.OO. The number of hydrogen-bond donors (Lipinski definition) is 7. The predicted molar refractivity (Wildman–Crippen MR) is 187 cm³/mol. The van der Waals surface area contributed by atoms with E-state index in [-0.39, 0.29) is 10.6 Å². The first-order valence-corrected chi connectivity index (χ1v) is 16.1. The number of aromatic amines is 2. The minimum atomic E-state index is -0.833. The molecule has 0 saturated carbocycles. The van der Waals surface area contributed by atoms with Crippen LogP contribution in [0.5, 0.6) is 0 Å². The zero-order valence-corrected chi connectivity index (χ0v) is 29.0. The normalized spacial score (nSPS) is 9.94. The molecular weight excluding hydrogens is 735 g/mol. The molecule has 0 saturated heterocycles. The monoisotopic (exact) mass is 758 g/mol. The summed E-state index contributed by atoms with van der Waals surface area (Å²) in [4.78, 5) is 30.2. The summed E-state index contributed by atoms with van der Waals surface area (Å²) >= 11 is 14.3. The van der Waals surface area contributed by atoms with Crippen molar-refractivity contribution in [1.82, 2.24) is 40.3 Å². The van der Waals surface area contributed by atoms with Gasteiger partial charge >= 0.3 is 0 Å². The molecule has 0 fully saturated rings. The summed E-state index contributed by atoms with van der Waals surface area (Å²) in [5.41, 5.74) is 3.54. The first-order chi connectivity index (χ1) is 24.1. The van der Waals surface area contributed by atoms with E-state index in [9.17, 15) is 0 Å². The number of aromatic nitrogens is 8. The number of nitrogens with one attached hydrogen (secondary N) is 4. The number of benzene rings is 2. The van der Waals surface area contributed by atoms with E-state index in [0.29, 0.717) is 50.2 Å². The number of H-pyrrole nitrogens is 2. The van der Waals surface area contributed by atoms with Gasteiger partial charge in [-0.2, -0.15) is 45.0 Å². The molecule has 258 valence electrons. The molecule has 2 aromatic carbocycles. The van der Waals surface area contributed by atoms with E-state index in [1.54, 1.807) is 42.5 Å². The minimum absolute atomic E-state index is 0.0595. The van der Waals surface area contributed by atoms with Crippen LogP contribution in [0.1, 0.15) is 18.1 Å². The quantitative estimate of drug-likeness (QED) is 0.0281. The van der Waals surface area contributed by atoms with Gasteiger partial charge in [0.15, 0.2) is 16.3 Å². The molecule has 18 nitrogen and oxygen atoms in total. The molecule has 4 aromatic heterocycles. The Morgan fingerprint density at radius 1 is 0.840 bits per heavy atom. The maximum Gasteiger partial charge on any atom is 0.300 e. The van der Waals surface area contributed by atoms with Crippen LogP contribution in [0.25, 0.3) is 22.1 Å². The van der Waals surface area contributed by atoms with Gasteiger partial charge in [0.2, 0.25) is 10.6 Å². The van der Waals surface area contributed by atoms with Gasteiger partial charge in [-0.3, -0.25) is 25.5 Å². The molecule has 0 amide bonds. The molecule has 7 N–H and O–H groups in total. The van der Waals surface area contributed by atoms with Crippen LogP contribution in [0, 0.1) is 22.7 Å². The molecule has 0 bridgehead atoms. The van der Waals surface area contributed by atoms with E-state index in [1.807, 2.05) is 12.3 Å². The number of anilines is 4. The summed E-state index contributed by atoms with van der Waals surface area (Å²) in [7, 11) is 1.39. The maximum absolute atomic E-state index is 9.00. The Morgan fingerprint density at radius 2 is 1.28 bits per heavy atom. The van der Waals surface area contributed by atoms with E-state index >= 15 is 0 Å². The third-order valence-electron chi connectivity index (χ3n) is 5.60. The van der Waals surface area contributed by atoms with Crippen LogP contribution >= 0.6 is 47.0 Å². The lowest BCUT2D eigenvalue weighted by Gasteiger charge is -2.07. The number of nitriles is 2. The van der Waals surface area contributed by atoms with E-state index in [2.05, 4.69) is 68.0 Å². The van der Waals surface area contributed by atoms with Crippen molar-refractivity contribution in [2.24, 2.45) is 0 Å². The van der Waals surface area contributed by atoms with Crippen molar-refractivity contribution in [2.45, 2.75) is 17.0 Å². The molecule has 0 aliphatic heterocycles. The van der Waals surface area contributed by atoms with Gasteiger partial charge in [0.25, 0.3) is 5.97 Å². The summed E-state index contributed by atoms with van der Waals surface area (Å²) in [6.45, 7) is 1.08. The highest BCUT2D eigenvalue weighted by Gasteiger charge is 2.17.